The first-order valence-electron chi connectivity index (χ1n) is 7.05. The molecule has 1 aromatic rings. The Bertz CT molecular complexity index is 424. The molecule has 0 amide bonds. The number of piperidine rings is 1. The van der Waals surface area contributed by atoms with Crippen molar-refractivity contribution < 1.29 is 4.74 Å². The summed E-state index contributed by atoms with van der Waals surface area (Å²) in [6.45, 7) is 6.24. The van der Waals surface area contributed by atoms with E-state index in [2.05, 4.69) is 28.7 Å². The summed E-state index contributed by atoms with van der Waals surface area (Å²) >= 11 is 0. The summed E-state index contributed by atoms with van der Waals surface area (Å²) in [5.41, 5.74) is 5.88. The smallest absolute Gasteiger partial charge is 0.134 e. The lowest BCUT2D eigenvalue weighted by Gasteiger charge is -2.37. The first-order valence-corrected chi connectivity index (χ1v) is 7.05. The second kappa shape index (κ2) is 6.19. The van der Waals surface area contributed by atoms with Crippen molar-refractivity contribution in [3.8, 4) is 0 Å². The lowest BCUT2D eigenvalue weighted by molar-refractivity contribution is 0.0496. The molecular weight excluding hydrogens is 240 g/mol. The molecule has 19 heavy (non-hydrogen) atoms. The average Bonchev–Trinajstić information content (AvgIpc) is 2.39. The zero-order chi connectivity index (χ0) is 13.8. The molecule has 0 radical (unpaired) electrons. The molecule has 1 fully saturated rings. The van der Waals surface area contributed by atoms with Gasteiger partial charge in [0.2, 0.25) is 0 Å². The van der Waals surface area contributed by atoms with Crippen molar-refractivity contribution in [3.63, 3.8) is 0 Å². The topological polar surface area (TPSA) is 64.3 Å². The van der Waals surface area contributed by atoms with Crippen molar-refractivity contribution in [3.05, 3.63) is 11.9 Å². The van der Waals surface area contributed by atoms with Crippen LogP contribution in [0.25, 0.3) is 0 Å². The maximum Gasteiger partial charge on any atom is 0.134 e. The van der Waals surface area contributed by atoms with Crippen LogP contribution < -0.4 is 10.6 Å². The highest BCUT2D eigenvalue weighted by Crippen LogP contribution is 2.24. The fourth-order valence-electron chi connectivity index (χ4n) is 2.55. The van der Waals surface area contributed by atoms with Crippen LogP contribution in [0.2, 0.25) is 0 Å². The van der Waals surface area contributed by atoms with Gasteiger partial charge in [0.15, 0.2) is 0 Å². The zero-order valence-electron chi connectivity index (χ0n) is 12.1. The highest BCUT2D eigenvalue weighted by atomic mass is 16.5. The SMILES string of the molecule is CCCc1nc(N)cc(N2CCC(C)C(OC)C2)n1. The van der Waals surface area contributed by atoms with Crippen LogP contribution in [0.15, 0.2) is 6.07 Å². The number of aryl methyl sites for hydroxylation is 1. The van der Waals surface area contributed by atoms with Crippen molar-refractivity contribution in [2.75, 3.05) is 30.8 Å². The Kier molecular flexibility index (Phi) is 4.58. The number of nitrogens with zero attached hydrogens (tertiary/aromatic N) is 3. The number of nitrogens with two attached hydrogens (primary N) is 1. The maximum absolute atomic E-state index is 5.88. The summed E-state index contributed by atoms with van der Waals surface area (Å²) in [6, 6.07) is 1.86. The van der Waals surface area contributed by atoms with Gasteiger partial charge in [-0.1, -0.05) is 13.8 Å². The predicted octanol–water partition coefficient (Wildman–Crippen LogP) is 1.87. The number of hydrogen-bond donors (Lipinski definition) is 1. The van der Waals surface area contributed by atoms with E-state index in [9.17, 15) is 0 Å². The molecule has 2 atom stereocenters. The molecule has 5 heteroatoms. The van der Waals surface area contributed by atoms with Gasteiger partial charge in [0, 0.05) is 32.7 Å². The molecule has 0 aliphatic carbocycles. The molecule has 0 bridgehead atoms. The van der Waals surface area contributed by atoms with E-state index in [1.54, 1.807) is 7.11 Å². The summed E-state index contributed by atoms with van der Waals surface area (Å²) < 4.78 is 5.55. The third-order valence-corrected chi connectivity index (χ3v) is 3.77. The summed E-state index contributed by atoms with van der Waals surface area (Å²) in [4.78, 5) is 11.2. The molecule has 0 spiro atoms. The first-order chi connectivity index (χ1) is 9.13. The van der Waals surface area contributed by atoms with E-state index >= 15 is 0 Å². The van der Waals surface area contributed by atoms with Gasteiger partial charge in [-0.25, -0.2) is 9.97 Å². The molecule has 0 saturated carbocycles. The number of anilines is 2. The van der Waals surface area contributed by atoms with Crippen LogP contribution in [0.3, 0.4) is 0 Å². The minimum Gasteiger partial charge on any atom is -0.384 e. The van der Waals surface area contributed by atoms with E-state index in [-0.39, 0.29) is 6.10 Å². The van der Waals surface area contributed by atoms with E-state index in [1.165, 1.54) is 0 Å². The minimum atomic E-state index is 0.263. The minimum absolute atomic E-state index is 0.263. The Morgan fingerprint density at radius 3 is 2.95 bits per heavy atom. The van der Waals surface area contributed by atoms with Crippen LogP contribution in [0.5, 0.6) is 0 Å². The quantitative estimate of drug-likeness (QED) is 0.899. The van der Waals surface area contributed by atoms with Crippen LogP contribution >= 0.6 is 0 Å². The molecule has 2 N–H and O–H groups in total. The first kappa shape index (κ1) is 14.1. The number of hydrogen-bond acceptors (Lipinski definition) is 5. The third kappa shape index (κ3) is 3.35. The lowest BCUT2D eigenvalue weighted by Crippen LogP contribution is -2.44. The fraction of sp³-hybridized carbons (Fsp3) is 0.714. The van der Waals surface area contributed by atoms with E-state index in [0.717, 1.165) is 44.0 Å². The second-order valence-corrected chi connectivity index (χ2v) is 5.30. The number of aromatic nitrogens is 2. The summed E-state index contributed by atoms with van der Waals surface area (Å²) in [7, 11) is 1.78. The highest BCUT2D eigenvalue weighted by molar-refractivity contribution is 5.47. The molecule has 2 rings (SSSR count). The van der Waals surface area contributed by atoms with Crippen LogP contribution in [-0.4, -0.2) is 36.3 Å². The zero-order valence-corrected chi connectivity index (χ0v) is 12.1. The van der Waals surface area contributed by atoms with Gasteiger partial charge in [0.1, 0.15) is 17.5 Å². The van der Waals surface area contributed by atoms with Gasteiger partial charge in [-0.2, -0.15) is 0 Å². The molecule has 0 aromatic carbocycles. The van der Waals surface area contributed by atoms with Crippen molar-refractivity contribution in [1.82, 2.24) is 9.97 Å². The Balaban J connectivity index is 2.17. The van der Waals surface area contributed by atoms with E-state index in [1.807, 2.05) is 6.07 Å². The maximum atomic E-state index is 5.88. The molecule has 106 valence electrons. The molecule has 1 aliphatic heterocycles. The number of ether oxygens (including phenoxy) is 1. The van der Waals surface area contributed by atoms with Crippen molar-refractivity contribution in [1.29, 1.82) is 0 Å². The molecular formula is C14H24N4O. The molecule has 2 unspecified atom stereocenters. The Morgan fingerprint density at radius 1 is 1.47 bits per heavy atom. The van der Waals surface area contributed by atoms with E-state index in [4.69, 9.17) is 10.5 Å². The number of methoxy groups -OCH3 is 1. The monoisotopic (exact) mass is 264 g/mol. The van der Waals surface area contributed by atoms with Crippen LogP contribution in [-0.2, 0) is 11.2 Å². The predicted molar refractivity (Wildman–Crippen MR) is 77.2 cm³/mol. The van der Waals surface area contributed by atoms with Crippen LogP contribution in [0.1, 0.15) is 32.5 Å². The molecule has 2 heterocycles. The fourth-order valence-corrected chi connectivity index (χ4v) is 2.55. The normalized spacial score (nSPS) is 23.6. The molecule has 1 saturated heterocycles. The van der Waals surface area contributed by atoms with Gasteiger partial charge in [-0.15, -0.1) is 0 Å². The van der Waals surface area contributed by atoms with Gasteiger partial charge in [0.05, 0.1) is 6.10 Å². The largest absolute Gasteiger partial charge is 0.384 e. The average molecular weight is 264 g/mol. The van der Waals surface area contributed by atoms with Crippen molar-refractivity contribution in [2.24, 2.45) is 5.92 Å². The van der Waals surface area contributed by atoms with Gasteiger partial charge in [0.25, 0.3) is 0 Å². The van der Waals surface area contributed by atoms with Gasteiger partial charge in [-0.05, 0) is 18.8 Å². The van der Waals surface area contributed by atoms with Crippen molar-refractivity contribution in [2.45, 2.75) is 39.2 Å². The van der Waals surface area contributed by atoms with E-state index < -0.39 is 0 Å². The highest BCUT2D eigenvalue weighted by Gasteiger charge is 2.27. The lowest BCUT2D eigenvalue weighted by atomic mass is 9.96. The molecule has 5 nitrogen and oxygen atoms in total. The van der Waals surface area contributed by atoms with Gasteiger partial charge < -0.3 is 15.4 Å². The van der Waals surface area contributed by atoms with Crippen LogP contribution in [0.4, 0.5) is 11.6 Å². The summed E-state index contributed by atoms with van der Waals surface area (Å²) in [5, 5.41) is 0. The van der Waals surface area contributed by atoms with Gasteiger partial charge in [-0.3, -0.25) is 0 Å². The van der Waals surface area contributed by atoms with E-state index in [0.29, 0.717) is 11.7 Å². The molecule has 1 aromatic heterocycles. The summed E-state index contributed by atoms with van der Waals surface area (Å²) in [5.74, 6) is 2.92. The molecule has 1 aliphatic rings. The Labute approximate surface area is 115 Å². The summed E-state index contributed by atoms with van der Waals surface area (Å²) in [6.07, 6.45) is 3.28. The Hall–Kier alpha value is -1.36. The Morgan fingerprint density at radius 2 is 2.26 bits per heavy atom. The number of rotatable bonds is 4. The second-order valence-electron chi connectivity index (χ2n) is 5.30. The van der Waals surface area contributed by atoms with Crippen molar-refractivity contribution >= 4 is 11.6 Å². The number of nitrogen functional groups attached to an aromatic ring is 1. The van der Waals surface area contributed by atoms with Crippen LogP contribution in [0, 0.1) is 5.92 Å². The van der Waals surface area contributed by atoms with Gasteiger partial charge >= 0.3 is 0 Å². The third-order valence-electron chi connectivity index (χ3n) is 3.77. The standard InChI is InChI=1S/C14H24N4O/c1-4-5-13-16-12(15)8-14(17-13)18-7-6-10(2)11(9-18)19-3/h8,10-11H,4-7,9H2,1-3H3,(H2,15,16,17).